The van der Waals surface area contributed by atoms with Crippen molar-refractivity contribution in [3.63, 3.8) is 0 Å². The Morgan fingerprint density at radius 1 is 0.969 bits per heavy atom. The van der Waals surface area contributed by atoms with E-state index in [0.29, 0.717) is 30.0 Å². The minimum absolute atomic E-state index is 0.176. The summed E-state index contributed by atoms with van der Waals surface area (Å²) in [4.78, 5) is 13.0. The Labute approximate surface area is 188 Å². The number of benzene rings is 3. The van der Waals surface area contributed by atoms with E-state index >= 15 is 0 Å². The van der Waals surface area contributed by atoms with Crippen molar-refractivity contribution < 1.29 is 17.9 Å². The minimum atomic E-state index is -3.63. The highest BCUT2D eigenvalue weighted by molar-refractivity contribution is 7.89. The van der Waals surface area contributed by atoms with Crippen LogP contribution in [0.5, 0.6) is 5.75 Å². The number of methoxy groups -OCH3 is 1. The second-order valence-electron chi connectivity index (χ2n) is 8.02. The number of ether oxygens (including phenoxy) is 1. The molecule has 1 aliphatic rings. The van der Waals surface area contributed by atoms with Crippen LogP contribution >= 0.6 is 0 Å². The molecule has 0 saturated carbocycles. The van der Waals surface area contributed by atoms with Gasteiger partial charge in [-0.2, -0.15) is 4.31 Å². The topological polar surface area (TPSA) is 75.7 Å². The van der Waals surface area contributed by atoms with Crippen LogP contribution in [-0.4, -0.2) is 32.3 Å². The van der Waals surface area contributed by atoms with Gasteiger partial charge in [-0.15, -0.1) is 0 Å². The average Bonchev–Trinajstić information content (AvgIpc) is 2.80. The summed E-state index contributed by atoms with van der Waals surface area (Å²) >= 11 is 0. The highest BCUT2D eigenvalue weighted by atomic mass is 32.2. The van der Waals surface area contributed by atoms with Crippen LogP contribution in [0.15, 0.2) is 65.6 Å². The number of carbonyl (C=O) groups excluding carboxylic acids is 1. The third-order valence-corrected chi connectivity index (χ3v) is 7.64. The predicted molar refractivity (Wildman–Crippen MR) is 125 cm³/mol. The molecular weight excluding hydrogens is 424 g/mol. The summed E-state index contributed by atoms with van der Waals surface area (Å²) in [7, 11) is -2.09. The lowest BCUT2D eigenvalue weighted by Crippen LogP contribution is -2.36. The van der Waals surface area contributed by atoms with Crippen molar-refractivity contribution in [1.29, 1.82) is 0 Å². The van der Waals surface area contributed by atoms with Gasteiger partial charge in [0.2, 0.25) is 10.0 Å². The zero-order valence-electron chi connectivity index (χ0n) is 18.4. The molecule has 1 aliphatic heterocycles. The van der Waals surface area contributed by atoms with Crippen molar-refractivity contribution in [2.45, 2.75) is 31.7 Å². The van der Waals surface area contributed by atoms with Gasteiger partial charge >= 0.3 is 0 Å². The van der Waals surface area contributed by atoms with Crippen LogP contribution in [0.3, 0.4) is 0 Å². The fourth-order valence-electron chi connectivity index (χ4n) is 3.89. The maximum atomic E-state index is 13.1. The largest absolute Gasteiger partial charge is 0.497 e. The summed E-state index contributed by atoms with van der Waals surface area (Å²) < 4.78 is 32.9. The van der Waals surface area contributed by atoms with Gasteiger partial charge in [0.15, 0.2) is 0 Å². The van der Waals surface area contributed by atoms with Crippen molar-refractivity contribution in [3.05, 3.63) is 88.5 Å². The number of amides is 1. The molecule has 0 saturated heterocycles. The van der Waals surface area contributed by atoms with Crippen molar-refractivity contribution in [2.75, 3.05) is 19.0 Å². The highest BCUT2D eigenvalue weighted by Gasteiger charge is 2.28. The van der Waals surface area contributed by atoms with E-state index in [1.807, 2.05) is 50.2 Å². The lowest BCUT2D eigenvalue weighted by Gasteiger charge is -2.28. The summed E-state index contributed by atoms with van der Waals surface area (Å²) in [5.74, 6) is 0.432. The number of rotatable bonds is 5. The van der Waals surface area contributed by atoms with Gasteiger partial charge in [0.1, 0.15) is 5.75 Å². The first-order chi connectivity index (χ1) is 15.3. The van der Waals surface area contributed by atoms with E-state index in [4.69, 9.17) is 4.74 Å². The van der Waals surface area contributed by atoms with E-state index in [2.05, 4.69) is 5.32 Å². The molecular formula is C25H26N2O4S. The number of nitrogens with one attached hydrogen (secondary N) is 1. The van der Waals surface area contributed by atoms with Crippen LogP contribution in [-0.2, 0) is 23.0 Å². The van der Waals surface area contributed by atoms with E-state index in [9.17, 15) is 13.2 Å². The molecule has 1 heterocycles. The minimum Gasteiger partial charge on any atom is -0.497 e. The molecule has 0 bridgehead atoms. The fourth-order valence-corrected chi connectivity index (χ4v) is 5.31. The van der Waals surface area contributed by atoms with Crippen LogP contribution in [0.25, 0.3) is 0 Å². The Balaban J connectivity index is 1.55. The summed E-state index contributed by atoms with van der Waals surface area (Å²) in [6, 6.07) is 17.9. The summed E-state index contributed by atoms with van der Waals surface area (Å²) in [6.07, 6.45) is 0.621. The normalized spacial score (nSPS) is 14.0. The average molecular weight is 451 g/mol. The van der Waals surface area contributed by atoms with Crippen LogP contribution in [0.2, 0.25) is 0 Å². The van der Waals surface area contributed by atoms with E-state index in [1.165, 1.54) is 4.31 Å². The Bertz CT molecular complexity index is 1270. The molecule has 4 rings (SSSR count). The zero-order chi connectivity index (χ0) is 22.9. The molecule has 1 amide bonds. The number of hydrogen-bond donors (Lipinski definition) is 1. The fraction of sp³-hybridized carbons (Fsp3) is 0.240. The molecule has 7 heteroatoms. The zero-order valence-corrected chi connectivity index (χ0v) is 19.2. The monoisotopic (exact) mass is 450 g/mol. The molecule has 0 aliphatic carbocycles. The number of carbonyl (C=O) groups is 1. The van der Waals surface area contributed by atoms with Crippen LogP contribution < -0.4 is 10.1 Å². The maximum absolute atomic E-state index is 13.1. The quantitative estimate of drug-likeness (QED) is 0.628. The van der Waals surface area contributed by atoms with Crippen LogP contribution in [0, 0.1) is 13.8 Å². The molecule has 0 aromatic heterocycles. The van der Waals surface area contributed by atoms with E-state index < -0.39 is 10.0 Å². The van der Waals surface area contributed by atoms with Crippen molar-refractivity contribution in [3.8, 4) is 5.75 Å². The predicted octanol–water partition coefficient (Wildman–Crippen LogP) is 4.31. The second-order valence-corrected chi connectivity index (χ2v) is 9.96. The summed E-state index contributed by atoms with van der Waals surface area (Å²) in [5, 5.41) is 2.95. The van der Waals surface area contributed by atoms with Gasteiger partial charge in [-0.1, -0.05) is 23.8 Å². The molecule has 0 radical (unpaired) electrons. The van der Waals surface area contributed by atoms with Gasteiger partial charge in [0, 0.05) is 24.3 Å². The molecule has 6 nitrogen and oxygen atoms in total. The highest BCUT2D eigenvalue weighted by Crippen LogP contribution is 2.28. The molecule has 166 valence electrons. The van der Waals surface area contributed by atoms with Crippen molar-refractivity contribution in [1.82, 2.24) is 4.31 Å². The number of anilines is 1. The SMILES string of the molecule is COc1ccc(S(=O)(=O)N2CCc3ccc(NC(=O)c4cc(C)ccc4C)cc3C2)cc1. The summed E-state index contributed by atoms with van der Waals surface area (Å²) in [5.41, 5.74) is 5.20. The molecule has 1 N–H and O–H groups in total. The van der Waals surface area contributed by atoms with Crippen molar-refractivity contribution in [2.24, 2.45) is 0 Å². The molecule has 32 heavy (non-hydrogen) atoms. The molecule has 0 spiro atoms. The van der Waals surface area contributed by atoms with E-state index in [1.54, 1.807) is 31.4 Å². The standard InChI is InChI=1S/C25H26N2O4S/c1-17-4-5-18(2)24(14-17)25(28)26-21-7-6-19-12-13-27(16-20(19)15-21)32(29,30)23-10-8-22(31-3)9-11-23/h4-11,14-15H,12-13,16H2,1-3H3,(H,26,28). The molecule has 0 fully saturated rings. The summed E-state index contributed by atoms with van der Waals surface area (Å²) in [6.45, 7) is 4.53. The van der Waals surface area contributed by atoms with Crippen LogP contribution in [0.4, 0.5) is 5.69 Å². The second kappa shape index (κ2) is 8.76. The Morgan fingerprint density at radius 2 is 1.72 bits per heavy atom. The number of sulfonamides is 1. The molecule has 0 unspecified atom stereocenters. The first kappa shape index (κ1) is 22.0. The first-order valence-electron chi connectivity index (χ1n) is 10.4. The number of aryl methyl sites for hydroxylation is 2. The van der Waals surface area contributed by atoms with E-state index in [-0.39, 0.29) is 17.3 Å². The lowest BCUT2D eigenvalue weighted by molar-refractivity contribution is 0.102. The number of fused-ring (bicyclic) bond motifs is 1. The van der Waals surface area contributed by atoms with Gasteiger partial charge in [-0.05, 0) is 79.4 Å². The number of nitrogens with zero attached hydrogens (tertiary/aromatic N) is 1. The van der Waals surface area contributed by atoms with Gasteiger partial charge in [0.25, 0.3) is 5.91 Å². The van der Waals surface area contributed by atoms with Gasteiger partial charge in [-0.3, -0.25) is 4.79 Å². The molecule has 3 aromatic rings. The Hall–Kier alpha value is -3.16. The Kier molecular flexibility index (Phi) is 6.04. The third-order valence-electron chi connectivity index (χ3n) is 5.78. The lowest BCUT2D eigenvalue weighted by atomic mass is 10.00. The Morgan fingerprint density at radius 3 is 2.44 bits per heavy atom. The van der Waals surface area contributed by atoms with Gasteiger partial charge < -0.3 is 10.1 Å². The smallest absolute Gasteiger partial charge is 0.255 e. The third kappa shape index (κ3) is 4.40. The van der Waals surface area contributed by atoms with Crippen LogP contribution in [0.1, 0.15) is 32.6 Å². The molecule has 0 atom stereocenters. The number of hydrogen-bond acceptors (Lipinski definition) is 4. The first-order valence-corrected chi connectivity index (χ1v) is 11.9. The molecule has 3 aromatic carbocycles. The van der Waals surface area contributed by atoms with Crippen molar-refractivity contribution >= 4 is 21.6 Å². The van der Waals surface area contributed by atoms with Gasteiger partial charge in [0.05, 0.1) is 12.0 Å². The van der Waals surface area contributed by atoms with Gasteiger partial charge in [-0.25, -0.2) is 8.42 Å². The maximum Gasteiger partial charge on any atom is 0.255 e. The van der Waals surface area contributed by atoms with E-state index in [0.717, 1.165) is 22.3 Å².